The van der Waals surface area contributed by atoms with Crippen LogP contribution in [0.5, 0.6) is 0 Å². The van der Waals surface area contributed by atoms with Gasteiger partial charge in [-0.15, -0.1) is 0 Å². The summed E-state index contributed by atoms with van der Waals surface area (Å²) >= 11 is 0. The van der Waals surface area contributed by atoms with Crippen molar-refractivity contribution in [1.29, 1.82) is 0 Å². The molecule has 4 fully saturated rings. The molecular formula is C18H22N2O4. The zero-order valence-corrected chi connectivity index (χ0v) is 13.6. The Morgan fingerprint density at radius 3 is 2.21 bits per heavy atom. The first kappa shape index (κ1) is 15.4. The molecule has 4 saturated carbocycles. The van der Waals surface area contributed by atoms with Gasteiger partial charge in [0.15, 0.2) is 19.0 Å². The number of rotatable bonds is 4. The lowest BCUT2D eigenvalue weighted by molar-refractivity contribution is -0.605. The number of hydrogen-bond acceptors (Lipinski definition) is 4. The first-order chi connectivity index (χ1) is 11.5. The molecule has 1 aromatic heterocycles. The van der Waals surface area contributed by atoms with Crippen LogP contribution < -0.4 is 10.0 Å². The van der Waals surface area contributed by atoms with Gasteiger partial charge in [0.25, 0.3) is 5.91 Å². The molecular weight excluding hydrogens is 308 g/mol. The number of pyridine rings is 1. The van der Waals surface area contributed by atoms with Crippen LogP contribution in [0.1, 0.15) is 48.9 Å². The van der Waals surface area contributed by atoms with E-state index in [4.69, 9.17) is 4.74 Å². The second kappa shape index (κ2) is 5.76. The number of esters is 1. The number of amides is 1. The lowest BCUT2D eigenvalue weighted by Crippen LogP contribution is -2.60. The van der Waals surface area contributed by atoms with Gasteiger partial charge in [-0.3, -0.25) is 4.79 Å². The fourth-order valence-corrected chi connectivity index (χ4v) is 5.36. The van der Waals surface area contributed by atoms with Crippen molar-refractivity contribution in [2.24, 2.45) is 17.8 Å². The van der Waals surface area contributed by atoms with Gasteiger partial charge in [-0.2, -0.15) is 4.73 Å². The molecule has 6 heteroatoms. The van der Waals surface area contributed by atoms with Crippen LogP contribution in [0.3, 0.4) is 0 Å². The highest BCUT2D eigenvalue weighted by atomic mass is 16.5. The van der Waals surface area contributed by atoms with Crippen LogP contribution in [0.4, 0.5) is 0 Å². The van der Waals surface area contributed by atoms with Gasteiger partial charge in [-0.25, -0.2) is 4.79 Å². The fourth-order valence-electron chi connectivity index (χ4n) is 5.36. The van der Waals surface area contributed by atoms with Crippen molar-refractivity contribution in [2.75, 3.05) is 6.61 Å². The molecule has 24 heavy (non-hydrogen) atoms. The second-order valence-corrected chi connectivity index (χ2v) is 7.77. The third-order valence-corrected chi connectivity index (χ3v) is 5.81. The summed E-state index contributed by atoms with van der Waals surface area (Å²) in [5.74, 6) is 1.45. The quantitative estimate of drug-likeness (QED) is 0.516. The predicted octanol–water partition coefficient (Wildman–Crippen LogP) is 1.56. The summed E-state index contributed by atoms with van der Waals surface area (Å²) in [4.78, 5) is 24.2. The standard InChI is InChI=1S/C18H22N2O4/c21-16(11-24-17(22)15-1-3-20(23)4-2-15)19-18-8-12-5-13(9-18)7-14(6-12)10-18/h1-4,12-14H,5-11H2,(H,19,21). The normalized spacial score (nSPS) is 33.2. The van der Waals surface area contributed by atoms with Crippen LogP contribution in [-0.4, -0.2) is 24.0 Å². The zero-order chi connectivity index (χ0) is 16.7. The SMILES string of the molecule is O=C(COC(=O)c1cc[n+]([O-])cc1)NC12CC3CC(CC(C3)C1)C2. The van der Waals surface area contributed by atoms with E-state index in [2.05, 4.69) is 5.32 Å². The first-order valence-electron chi connectivity index (χ1n) is 8.68. The number of nitrogens with one attached hydrogen (secondary N) is 1. The van der Waals surface area contributed by atoms with Crippen molar-refractivity contribution < 1.29 is 19.1 Å². The second-order valence-electron chi connectivity index (χ2n) is 7.77. The van der Waals surface area contributed by atoms with Crippen LogP contribution >= 0.6 is 0 Å². The minimum absolute atomic E-state index is 0.0704. The lowest BCUT2D eigenvalue weighted by Gasteiger charge is -2.56. The molecule has 0 spiro atoms. The third-order valence-electron chi connectivity index (χ3n) is 5.81. The summed E-state index contributed by atoms with van der Waals surface area (Å²) in [6.07, 6.45) is 9.62. The lowest BCUT2D eigenvalue weighted by atomic mass is 9.53. The van der Waals surface area contributed by atoms with Crippen LogP contribution in [-0.2, 0) is 9.53 Å². The zero-order valence-electron chi connectivity index (χ0n) is 13.6. The number of nitrogens with zero attached hydrogens (tertiary/aromatic N) is 1. The first-order valence-corrected chi connectivity index (χ1v) is 8.68. The van der Waals surface area contributed by atoms with Gasteiger partial charge in [0.2, 0.25) is 0 Å². The van der Waals surface area contributed by atoms with Crippen molar-refractivity contribution in [3.63, 3.8) is 0 Å². The largest absolute Gasteiger partial charge is 0.619 e. The van der Waals surface area contributed by atoms with E-state index in [9.17, 15) is 14.8 Å². The van der Waals surface area contributed by atoms with E-state index >= 15 is 0 Å². The molecule has 1 heterocycles. The summed E-state index contributed by atoms with van der Waals surface area (Å²) in [7, 11) is 0. The summed E-state index contributed by atoms with van der Waals surface area (Å²) in [5.41, 5.74) is 0.198. The van der Waals surface area contributed by atoms with Gasteiger partial charge in [-0.05, 0) is 56.3 Å². The van der Waals surface area contributed by atoms with Gasteiger partial charge < -0.3 is 15.3 Å². The number of hydrogen-bond donors (Lipinski definition) is 1. The highest BCUT2D eigenvalue weighted by Crippen LogP contribution is 2.55. The Balaban J connectivity index is 1.32. The summed E-state index contributed by atoms with van der Waals surface area (Å²) in [6.45, 7) is -0.271. The Morgan fingerprint density at radius 1 is 1.12 bits per heavy atom. The van der Waals surface area contributed by atoms with Gasteiger partial charge >= 0.3 is 5.97 Å². The Labute approximate surface area is 140 Å². The molecule has 1 aromatic rings. The van der Waals surface area contributed by atoms with Crippen molar-refractivity contribution in [2.45, 2.75) is 44.1 Å². The maximum absolute atomic E-state index is 12.3. The summed E-state index contributed by atoms with van der Waals surface area (Å²) < 4.78 is 5.68. The highest BCUT2D eigenvalue weighted by Gasteiger charge is 2.51. The van der Waals surface area contributed by atoms with E-state index in [1.54, 1.807) is 0 Å². The predicted molar refractivity (Wildman–Crippen MR) is 84.7 cm³/mol. The molecule has 4 aliphatic rings. The van der Waals surface area contributed by atoms with Crippen molar-refractivity contribution in [3.05, 3.63) is 35.3 Å². The monoisotopic (exact) mass is 330 g/mol. The molecule has 128 valence electrons. The molecule has 1 N–H and O–H groups in total. The van der Waals surface area contributed by atoms with Crippen molar-refractivity contribution in [3.8, 4) is 0 Å². The van der Waals surface area contributed by atoms with E-state index in [1.165, 1.54) is 43.8 Å². The molecule has 0 saturated heterocycles. The van der Waals surface area contributed by atoms with Gasteiger partial charge in [0.1, 0.15) is 0 Å². The van der Waals surface area contributed by atoms with Crippen LogP contribution in [0.25, 0.3) is 0 Å². The molecule has 4 bridgehead atoms. The van der Waals surface area contributed by atoms with E-state index in [1.807, 2.05) is 0 Å². The van der Waals surface area contributed by atoms with E-state index in [0.29, 0.717) is 4.73 Å². The van der Waals surface area contributed by atoms with Crippen LogP contribution in [0, 0.1) is 23.0 Å². The molecule has 5 rings (SSSR count). The molecule has 0 unspecified atom stereocenters. The third kappa shape index (κ3) is 2.97. The molecule has 1 amide bonds. The van der Waals surface area contributed by atoms with Gasteiger partial charge in [0.05, 0.1) is 5.56 Å². The van der Waals surface area contributed by atoms with Crippen molar-refractivity contribution in [1.82, 2.24) is 5.32 Å². The molecule has 0 radical (unpaired) electrons. The van der Waals surface area contributed by atoms with E-state index < -0.39 is 5.97 Å². The maximum Gasteiger partial charge on any atom is 0.339 e. The van der Waals surface area contributed by atoms with Gasteiger partial charge in [-0.1, -0.05) is 0 Å². The molecule has 0 atom stereocenters. The Bertz CT molecular complexity index is 620. The average Bonchev–Trinajstić information content (AvgIpc) is 2.51. The summed E-state index contributed by atoms with van der Waals surface area (Å²) in [5, 5.41) is 14.1. The molecule has 6 nitrogen and oxygen atoms in total. The number of ether oxygens (including phenoxy) is 1. The number of aromatic nitrogens is 1. The number of carbonyl (C=O) groups is 2. The van der Waals surface area contributed by atoms with E-state index in [-0.39, 0.29) is 23.6 Å². The van der Waals surface area contributed by atoms with E-state index in [0.717, 1.165) is 37.0 Å². The Kier molecular flexibility index (Phi) is 3.70. The Morgan fingerprint density at radius 2 is 1.67 bits per heavy atom. The molecule has 0 aromatic carbocycles. The average molecular weight is 330 g/mol. The van der Waals surface area contributed by atoms with Crippen LogP contribution in [0.2, 0.25) is 0 Å². The number of carbonyl (C=O) groups excluding carboxylic acids is 2. The fraction of sp³-hybridized carbons (Fsp3) is 0.611. The van der Waals surface area contributed by atoms with Crippen molar-refractivity contribution >= 4 is 11.9 Å². The summed E-state index contributed by atoms with van der Waals surface area (Å²) in [6, 6.07) is 2.76. The smallest absolute Gasteiger partial charge is 0.339 e. The topological polar surface area (TPSA) is 82.3 Å². The maximum atomic E-state index is 12.3. The molecule has 0 aliphatic heterocycles. The minimum Gasteiger partial charge on any atom is -0.619 e. The molecule has 4 aliphatic carbocycles. The van der Waals surface area contributed by atoms with Crippen LogP contribution in [0.15, 0.2) is 24.5 Å². The van der Waals surface area contributed by atoms with Gasteiger partial charge in [0, 0.05) is 17.7 Å². The Hall–Kier alpha value is -2.11. The highest BCUT2D eigenvalue weighted by molar-refractivity contribution is 5.91. The minimum atomic E-state index is -0.587.